The second-order valence-electron chi connectivity index (χ2n) is 7.77. The van der Waals surface area contributed by atoms with Crippen LogP contribution in [0.2, 0.25) is 0 Å². The predicted octanol–water partition coefficient (Wildman–Crippen LogP) is 3.98. The van der Waals surface area contributed by atoms with E-state index in [0.29, 0.717) is 11.3 Å². The van der Waals surface area contributed by atoms with E-state index < -0.39 is 0 Å². The number of hydrogen-bond acceptors (Lipinski definition) is 6. The summed E-state index contributed by atoms with van der Waals surface area (Å²) in [5.74, 6) is 0.396. The third-order valence-electron chi connectivity index (χ3n) is 5.78. The molecule has 8 heteroatoms. The molecule has 0 bridgehead atoms. The minimum absolute atomic E-state index is 0.0589. The average Bonchev–Trinajstić information content (AvgIpc) is 2.80. The van der Waals surface area contributed by atoms with Gasteiger partial charge in [0.1, 0.15) is 18.0 Å². The predicted molar refractivity (Wildman–Crippen MR) is 116 cm³/mol. The van der Waals surface area contributed by atoms with Crippen molar-refractivity contribution >= 4 is 16.7 Å². The van der Waals surface area contributed by atoms with Crippen molar-refractivity contribution in [3.63, 3.8) is 0 Å². The van der Waals surface area contributed by atoms with Gasteiger partial charge in [-0.1, -0.05) is 0 Å². The van der Waals surface area contributed by atoms with Crippen LogP contribution in [0.5, 0.6) is 0 Å². The monoisotopic (exact) mass is 416 g/mol. The van der Waals surface area contributed by atoms with Crippen molar-refractivity contribution in [3.8, 4) is 11.3 Å². The molecule has 5 rings (SSSR count). The summed E-state index contributed by atoms with van der Waals surface area (Å²) in [7, 11) is 0. The molecule has 0 aliphatic heterocycles. The Morgan fingerprint density at radius 3 is 2.58 bits per heavy atom. The van der Waals surface area contributed by atoms with Crippen LogP contribution in [-0.2, 0) is 0 Å². The van der Waals surface area contributed by atoms with Gasteiger partial charge in [-0.05, 0) is 56.0 Å². The lowest BCUT2D eigenvalue weighted by molar-refractivity contribution is 0.304. The molecule has 0 saturated heterocycles. The molecule has 1 aromatic carbocycles. The van der Waals surface area contributed by atoms with E-state index in [1.165, 1.54) is 18.5 Å². The molecule has 1 saturated carbocycles. The molecule has 156 valence electrons. The van der Waals surface area contributed by atoms with E-state index in [1.54, 1.807) is 35.3 Å². The molecular weight excluding hydrogens is 395 g/mol. The Morgan fingerprint density at radius 2 is 1.77 bits per heavy atom. The normalized spacial score (nSPS) is 18.7. The van der Waals surface area contributed by atoms with Gasteiger partial charge in [-0.3, -0.25) is 9.78 Å². The molecule has 0 amide bonds. The molecule has 1 aliphatic rings. The average molecular weight is 416 g/mol. The highest BCUT2D eigenvalue weighted by atomic mass is 19.1. The van der Waals surface area contributed by atoms with Crippen LogP contribution in [0.4, 0.5) is 10.2 Å². The third-order valence-corrected chi connectivity index (χ3v) is 5.78. The summed E-state index contributed by atoms with van der Waals surface area (Å²) in [4.78, 5) is 25.0. The van der Waals surface area contributed by atoms with Crippen LogP contribution in [-0.4, -0.2) is 30.8 Å². The highest BCUT2D eigenvalue weighted by molar-refractivity contribution is 5.88. The number of aromatic nitrogens is 5. The molecule has 1 N–H and O–H groups in total. The van der Waals surface area contributed by atoms with Gasteiger partial charge >= 0.3 is 0 Å². The van der Waals surface area contributed by atoms with Crippen LogP contribution in [0.1, 0.15) is 31.7 Å². The highest BCUT2D eigenvalue weighted by Gasteiger charge is 2.24. The Morgan fingerprint density at radius 1 is 0.968 bits per heavy atom. The quantitative estimate of drug-likeness (QED) is 0.542. The Kier molecular flexibility index (Phi) is 5.11. The van der Waals surface area contributed by atoms with Crippen molar-refractivity contribution in [2.45, 2.75) is 37.8 Å². The number of anilines is 1. The zero-order valence-corrected chi connectivity index (χ0v) is 16.8. The fraction of sp³-hybridized carbons (Fsp3) is 0.261. The molecule has 31 heavy (non-hydrogen) atoms. The number of pyridine rings is 1. The smallest absolute Gasteiger partial charge is 0.267 e. The number of nitrogens with one attached hydrogen (secondary N) is 1. The van der Waals surface area contributed by atoms with E-state index in [1.807, 2.05) is 12.1 Å². The van der Waals surface area contributed by atoms with Crippen molar-refractivity contribution in [1.29, 1.82) is 0 Å². The summed E-state index contributed by atoms with van der Waals surface area (Å²) >= 11 is 0. The van der Waals surface area contributed by atoms with E-state index in [4.69, 9.17) is 0 Å². The number of nitrogens with zero attached hydrogens (tertiary/aromatic N) is 5. The summed E-state index contributed by atoms with van der Waals surface area (Å²) in [5, 5.41) is 8.90. The second-order valence-corrected chi connectivity index (χ2v) is 7.77. The fourth-order valence-electron chi connectivity index (χ4n) is 4.17. The lowest BCUT2D eigenvalue weighted by Crippen LogP contribution is -2.33. The minimum atomic E-state index is -0.315. The third kappa shape index (κ3) is 4.01. The highest BCUT2D eigenvalue weighted by Crippen LogP contribution is 2.30. The van der Waals surface area contributed by atoms with Crippen LogP contribution in [0.3, 0.4) is 0 Å². The Hall–Kier alpha value is -3.68. The molecule has 0 radical (unpaired) electrons. The van der Waals surface area contributed by atoms with Gasteiger partial charge in [-0.15, -0.1) is 0 Å². The van der Waals surface area contributed by atoms with Crippen molar-refractivity contribution in [2.24, 2.45) is 0 Å². The molecule has 1 fully saturated rings. The number of fused-ring (bicyclic) bond motifs is 1. The first-order valence-corrected chi connectivity index (χ1v) is 10.3. The van der Waals surface area contributed by atoms with E-state index in [0.717, 1.165) is 42.3 Å². The van der Waals surface area contributed by atoms with Gasteiger partial charge in [0.25, 0.3) is 5.56 Å². The minimum Gasteiger partial charge on any atom is -0.367 e. The van der Waals surface area contributed by atoms with Crippen molar-refractivity contribution < 1.29 is 4.39 Å². The Labute approximate surface area is 178 Å². The molecule has 3 aromatic heterocycles. The van der Waals surface area contributed by atoms with Gasteiger partial charge in [0.2, 0.25) is 0 Å². The maximum Gasteiger partial charge on any atom is 0.267 e. The molecule has 0 atom stereocenters. The standard InChI is InChI=1S/C23H21FN6O/c24-16-1-6-19-21(13-16)26-14-27-23(19)28-17-2-4-18(5-3-17)30-22(31)8-7-20(29-30)15-9-11-25-12-10-15/h1,6-14,17-18H,2-5H2,(H,26,27,28). The number of hydrogen-bond donors (Lipinski definition) is 1. The van der Waals surface area contributed by atoms with E-state index in [9.17, 15) is 9.18 Å². The first kappa shape index (κ1) is 19.3. The largest absolute Gasteiger partial charge is 0.367 e. The van der Waals surface area contributed by atoms with Crippen LogP contribution >= 0.6 is 0 Å². The van der Waals surface area contributed by atoms with Crippen molar-refractivity contribution in [3.05, 3.63) is 77.4 Å². The zero-order chi connectivity index (χ0) is 21.2. The van der Waals surface area contributed by atoms with Crippen molar-refractivity contribution in [2.75, 3.05) is 5.32 Å². The van der Waals surface area contributed by atoms with E-state index in [-0.39, 0.29) is 23.5 Å². The molecule has 7 nitrogen and oxygen atoms in total. The Balaban J connectivity index is 1.31. The van der Waals surface area contributed by atoms with Crippen LogP contribution < -0.4 is 10.9 Å². The van der Waals surface area contributed by atoms with E-state index >= 15 is 0 Å². The second kappa shape index (κ2) is 8.22. The van der Waals surface area contributed by atoms with E-state index in [2.05, 4.69) is 25.4 Å². The molecule has 3 heterocycles. The topological polar surface area (TPSA) is 85.6 Å². The van der Waals surface area contributed by atoms with Crippen LogP contribution in [0, 0.1) is 5.82 Å². The zero-order valence-electron chi connectivity index (χ0n) is 16.8. The molecule has 0 unspecified atom stereocenters. The number of rotatable bonds is 4. The SMILES string of the molecule is O=c1ccc(-c2ccncc2)nn1C1CCC(Nc2ncnc3cc(F)ccc23)CC1. The molecule has 0 spiro atoms. The lowest BCUT2D eigenvalue weighted by atomic mass is 9.91. The van der Waals surface area contributed by atoms with Gasteiger partial charge < -0.3 is 5.32 Å². The number of halogens is 1. The molecule has 1 aliphatic carbocycles. The molecule has 4 aromatic rings. The van der Waals surface area contributed by atoms with Gasteiger partial charge in [-0.2, -0.15) is 5.10 Å². The van der Waals surface area contributed by atoms with Gasteiger partial charge in [0.05, 0.1) is 17.3 Å². The van der Waals surface area contributed by atoms with Crippen LogP contribution in [0.25, 0.3) is 22.2 Å². The first-order valence-electron chi connectivity index (χ1n) is 10.3. The summed E-state index contributed by atoms with van der Waals surface area (Å²) in [6, 6.07) is 11.9. The maximum atomic E-state index is 13.5. The van der Waals surface area contributed by atoms with Crippen LogP contribution in [0.15, 0.2) is 66.0 Å². The summed E-state index contributed by atoms with van der Waals surface area (Å²) in [6.45, 7) is 0. The lowest BCUT2D eigenvalue weighted by Gasteiger charge is -2.30. The summed E-state index contributed by atoms with van der Waals surface area (Å²) < 4.78 is 15.1. The fourth-order valence-corrected chi connectivity index (χ4v) is 4.17. The number of benzene rings is 1. The molecular formula is C23H21FN6O. The Bertz CT molecular complexity index is 1270. The summed E-state index contributed by atoms with van der Waals surface area (Å²) in [5.41, 5.74) is 2.20. The van der Waals surface area contributed by atoms with Gasteiger partial charge in [0.15, 0.2) is 0 Å². The van der Waals surface area contributed by atoms with Crippen molar-refractivity contribution in [1.82, 2.24) is 24.7 Å². The van der Waals surface area contributed by atoms with Gasteiger partial charge in [-0.25, -0.2) is 19.0 Å². The summed E-state index contributed by atoms with van der Waals surface area (Å²) in [6.07, 6.45) is 8.31. The maximum absolute atomic E-state index is 13.5. The van der Waals surface area contributed by atoms with Gasteiger partial charge in [0, 0.05) is 41.5 Å². The first-order chi connectivity index (χ1) is 15.2.